The van der Waals surface area contributed by atoms with E-state index in [4.69, 9.17) is 10.8 Å². The maximum Gasteiger partial charge on any atom is 0.276 e. The number of nitrogen functional groups attached to an aromatic ring is 1. The van der Waals surface area contributed by atoms with E-state index in [1.807, 2.05) is 77.4 Å². The zero-order valence-corrected chi connectivity index (χ0v) is 19.5. The van der Waals surface area contributed by atoms with Crippen molar-refractivity contribution < 1.29 is 4.79 Å². The number of amides is 1. The molecule has 34 heavy (non-hydrogen) atoms. The monoisotopic (exact) mass is 450 g/mol. The SMILES string of the molecule is CN(C(=O)c1nn(C(c2ccccc2)(c2ccccc2)c2ccccc2)cc1N)C1CCCC1. The predicted octanol–water partition coefficient (Wildman–Crippen LogP) is 5.32. The number of carbonyl (C=O) groups is 1. The first-order chi connectivity index (χ1) is 16.6. The van der Waals surface area contributed by atoms with Gasteiger partial charge >= 0.3 is 0 Å². The number of aromatic nitrogens is 2. The fourth-order valence-electron chi connectivity index (χ4n) is 5.28. The number of nitrogens with two attached hydrogens (primary N) is 1. The van der Waals surface area contributed by atoms with Crippen molar-refractivity contribution in [2.24, 2.45) is 0 Å². The molecule has 5 heteroatoms. The molecule has 2 N–H and O–H groups in total. The van der Waals surface area contributed by atoms with Gasteiger partial charge in [0.1, 0.15) is 5.54 Å². The van der Waals surface area contributed by atoms with E-state index in [9.17, 15) is 4.79 Å². The summed E-state index contributed by atoms with van der Waals surface area (Å²) in [7, 11) is 1.87. The minimum atomic E-state index is -0.789. The summed E-state index contributed by atoms with van der Waals surface area (Å²) in [6.07, 6.45) is 6.19. The van der Waals surface area contributed by atoms with Gasteiger partial charge in [0.2, 0.25) is 0 Å². The summed E-state index contributed by atoms with van der Waals surface area (Å²) in [6, 6.07) is 31.1. The fraction of sp³-hybridized carbons (Fsp3) is 0.241. The lowest BCUT2D eigenvalue weighted by atomic mass is 9.77. The summed E-state index contributed by atoms with van der Waals surface area (Å²) in [5.41, 5.74) is 9.51. The minimum absolute atomic E-state index is 0.119. The van der Waals surface area contributed by atoms with Gasteiger partial charge in [-0.3, -0.25) is 9.48 Å². The molecule has 1 heterocycles. The van der Waals surface area contributed by atoms with Crippen molar-refractivity contribution in [1.29, 1.82) is 0 Å². The van der Waals surface area contributed by atoms with Gasteiger partial charge in [-0.15, -0.1) is 0 Å². The molecule has 1 aromatic heterocycles. The fourth-order valence-corrected chi connectivity index (χ4v) is 5.28. The van der Waals surface area contributed by atoms with Gasteiger partial charge in [0, 0.05) is 13.1 Å². The average molecular weight is 451 g/mol. The summed E-state index contributed by atoms with van der Waals surface area (Å²) in [4.78, 5) is 15.3. The topological polar surface area (TPSA) is 64.2 Å². The predicted molar refractivity (Wildman–Crippen MR) is 136 cm³/mol. The zero-order chi connectivity index (χ0) is 23.5. The van der Waals surface area contributed by atoms with Crippen LogP contribution in [0.4, 0.5) is 5.69 Å². The molecule has 1 aliphatic carbocycles. The van der Waals surface area contributed by atoms with Gasteiger partial charge in [-0.1, -0.05) is 104 Å². The van der Waals surface area contributed by atoms with Crippen LogP contribution in [0.25, 0.3) is 0 Å². The van der Waals surface area contributed by atoms with E-state index in [1.54, 1.807) is 0 Å². The van der Waals surface area contributed by atoms with Crippen LogP contribution in [0.5, 0.6) is 0 Å². The van der Waals surface area contributed by atoms with Gasteiger partial charge in [0.15, 0.2) is 5.69 Å². The van der Waals surface area contributed by atoms with Gasteiger partial charge in [-0.2, -0.15) is 5.10 Å². The Morgan fingerprint density at radius 1 is 0.853 bits per heavy atom. The molecule has 5 nitrogen and oxygen atoms in total. The number of hydrogen-bond donors (Lipinski definition) is 1. The van der Waals surface area contributed by atoms with Crippen LogP contribution in [0.3, 0.4) is 0 Å². The lowest BCUT2D eigenvalue weighted by Crippen LogP contribution is -2.39. The highest BCUT2D eigenvalue weighted by atomic mass is 16.2. The molecular weight excluding hydrogens is 420 g/mol. The van der Waals surface area contributed by atoms with E-state index in [2.05, 4.69) is 36.4 Å². The molecule has 0 radical (unpaired) electrons. The van der Waals surface area contributed by atoms with Crippen molar-refractivity contribution >= 4 is 11.6 Å². The Hall–Kier alpha value is -3.86. The summed E-state index contributed by atoms with van der Waals surface area (Å²) < 4.78 is 1.87. The third-order valence-corrected chi connectivity index (χ3v) is 7.06. The Kier molecular flexibility index (Phi) is 5.93. The van der Waals surface area contributed by atoms with Crippen LogP contribution in [-0.2, 0) is 5.54 Å². The number of anilines is 1. The summed E-state index contributed by atoms with van der Waals surface area (Å²) in [5.74, 6) is -0.119. The first kappa shape index (κ1) is 22.0. The normalized spacial score (nSPS) is 14.3. The molecule has 1 saturated carbocycles. The second kappa shape index (κ2) is 9.18. The van der Waals surface area contributed by atoms with Crippen molar-refractivity contribution in [2.45, 2.75) is 37.3 Å². The molecule has 0 aliphatic heterocycles. The van der Waals surface area contributed by atoms with Gasteiger partial charge < -0.3 is 10.6 Å². The highest BCUT2D eigenvalue weighted by Crippen LogP contribution is 2.41. The van der Waals surface area contributed by atoms with Crippen molar-refractivity contribution in [3.63, 3.8) is 0 Å². The molecular formula is C29H30N4O. The van der Waals surface area contributed by atoms with E-state index >= 15 is 0 Å². The van der Waals surface area contributed by atoms with Crippen molar-refractivity contribution in [3.8, 4) is 0 Å². The molecule has 0 spiro atoms. The van der Waals surface area contributed by atoms with Gasteiger partial charge in [0.05, 0.1) is 11.9 Å². The van der Waals surface area contributed by atoms with E-state index in [1.165, 1.54) is 0 Å². The average Bonchev–Trinajstić information content (AvgIpc) is 3.56. The molecule has 172 valence electrons. The third-order valence-electron chi connectivity index (χ3n) is 7.06. The quantitative estimate of drug-likeness (QED) is 0.404. The Bertz CT molecular complexity index is 1150. The molecule has 0 atom stereocenters. The lowest BCUT2D eigenvalue weighted by Gasteiger charge is -2.36. The molecule has 3 aromatic carbocycles. The van der Waals surface area contributed by atoms with Crippen LogP contribution < -0.4 is 5.73 Å². The number of carbonyl (C=O) groups excluding carboxylic acids is 1. The Morgan fingerprint density at radius 2 is 1.29 bits per heavy atom. The lowest BCUT2D eigenvalue weighted by molar-refractivity contribution is 0.0729. The number of rotatable bonds is 6. The number of benzene rings is 3. The number of nitrogens with zero attached hydrogens (tertiary/aromatic N) is 3. The highest BCUT2D eigenvalue weighted by Gasteiger charge is 2.40. The minimum Gasteiger partial charge on any atom is -0.396 e. The smallest absolute Gasteiger partial charge is 0.276 e. The van der Waals surface area contributed by atoms with Gasteiger partial charge in [-0.05, 0) is 29.5 Å². The van der Waals surface area contributed by atoms with Crippen LogP contribution in [0.2, 0.25) is 0 Å². The zero-order valence-electron chi connectivity index (χ0n) is 19.5. The Balaban J connectivity index is 1.72. The molecule has 0 unspecified atom stereocenters. The second-order valence-corrected chi connectivity index (χ2v) is 9.04. The second-order valence-electron chi connectivity index (χ2n) is 9.04. The van der Waals surface area contributed by atoms with Crippen LogP contribution in [-0.4, -0.2) is 33.7 Å². The summed E-state index contributed by atoms with van der Waals surface area (Å²) in [5, 5.41) is 4.90. The maximum absolute atomic E-state index is 13.5. The first-order valence-electron chi connectivity index (χ1n) is 11.9. The third kappa shape index (κ3) is 3.67. The van der Waals surface area contributed by atoms with Crippen molar-refractivity contribution in [2.75, 3.05) is 12.8 Å². The molecule has 1 fully saturated rings. The van der Waals surface area contributed by atoms with Crippen LogP contribution in [0, 0.1) is 0 Å². The first-order valence-corrected chi connectivity index (χ1v) is 11.9. The largest absolute Gasteiger partial charge is 0.396 e. The molecule has 0 bridgehead atoms. The Labute approximate surface area is 200 Å². The van der Waals surface area contributed by atoms with Crippen LogP contribution in [0.1, 0.15) is 52.9 Å². The highest BCUT2D eigenvalue weighted by molar-refractivity contribution is 5.97. The Morgan fingerprint density at radius 3 is 1.74 bits per heavy atom. The summed E-state index contributed by atoms with van der Waals surface area (Å²) >= 11 is 0. The summed E-state index contributed by atoms with van der Waals surface area (Å²) in [6.45, 7) is 0. The van der Waals surface area contributed by atoms with Crippen LogP contribution in [0.15, 0.2) is 97.2 Å². The van der Waals surface area contributed by atoms with Crippen molar-refractivity contribution in [1.82, 2.24) is 14.7 Å². The van der Waals surface area contributed by atoms with Gasteiger partial charge in [0.25, 0.3) is 5.91 Å². The molecule has 4 aromatic rings. The van der Waals surface area contributed by atoms with E-state index in [-0.39, 0.29) is 11.9 Å². The van der Waals surface area contributed by atoms with Crippen LogP contribution >= 0.6 is 0 Å². The van der Waals surface area contributed by atoms with E-state index in [0.29, 0.717) is 11.4 Å². The maximum atomic E-state index is 13.5. The molecule has 1 amide bonds. The molecule has 1 aliphatic rings. The molecule has 0 saturated heterocycles. The van der Waals surface area contributed by atoms with E-state index in [0.717, 1.165) is 42.4 Å². The van der Waals surface area contributed by atoms with Crippen molar-refractivity contribution in [3.05, 3.63) is 120 Å². The number of hydrogen-bond acceptors (Lipinski definition) is 3. The van der Waals surface area contributed by atoms with Gasteiger partial charge in [-0.25, -0.2) is 0 Å². The molecule has 5 rings (SSSR count). The van der Waals surface area contributed by atoms with E-state index < -0.39 is 5.54 Å². The standard InChI is InChI=1S/C29H30N4O/c1-32(25-19-11-12-20-25)28(34)27-26(30)21-33(31-27)29(22-13-5-2-6-14-22,23-15-7-3-8-16-23)24-17-9-4-10-18-24/h2-10,13-18,21,25H,11-12,19-20,30H2,1H3.